The largest absolute Gasteiger partial charge is 0.240 e. The van der Waals surface area contributed by atoms with Gasteiger partial charge < -0.3 is 0 Å². The van der Waals surface area contributed by atoms with Crippen LogP contribution in [0.15, 0.2) is 23.1 Å². The van der Waals surface area contributed by atoms with E-state index >= 15 is 0 Å². The van der Waals surface area contributed by atoms with Crippen LogP contribution in [-0.2, 0) is 10.0 Å². The van der Waals surface area contributed by atoms with Gasteiger partial charge in [0.15, 0.2) is 0 Å². The molecule has 1 fully saturated rings. The number of benzene rings is 1. The Morgan fingerprint density at radius 3 is 2.72 bits per heavy atom. The van der Waals surface area contributed by atoms with Gasteiger partial charge in [-0.3, -0.25) is 0 Å². The van der Waals surface area contributed by atoms with E-state index in [1.54, 1.807) is 0 Å². The maximum Gasteiger partial charge on any atom is 0.240 e. The highest BCUT2D eigenvalue weighted by molar-refractivity contribution is 7.89. The van der Waals surface area contributed by atoms with Crippen LogP contribution in [0.3, 0.4) is 0 Å². The van der Waals surface area contributed by atoms with Crippen molar-refractivity contribution >= 4 is 21.6 Å². The first kappa shape index (κ1) is 13.3. The summed E-state index contributed by atoms with van der Waals surface area (Å²) < 4.78 is 26.5. The van der Waals surface area contributed by atoms with Crippen LogP contribution in [0, 0.1) is 23.2 Å². The van der Waals surface area contributed by atoms with Crippen LogP contribution >= 0.6 is 11.6 Å². The summed E-state index contributed by atoms with van der Waals surface area (Å²) in [6.07, 6.45) is 1.07. The van der Waals surface area contributed by atoms with Crippen molar-refractivity contribution in [2.45, 2.75) is 18.2 Å². The summed E-state index contributed by atoms with van der Waals surface area (Å²) in [5, 5.41) is 8.88. The van der Waals surface area contributed by atoms with E-state index in [1.165, 1.54) is 18.2 Å². The number of nitrogens with one attached hydrogen (secondary N) is 1. The van der Waals surface area contributed by atoms with Crippen molar-refractivity contribution in [3.05, 3.63) is 28.8 Å². The predicted molar refractivity (Wildman–Crippen MR) is 68.6 cm³/mol. The number of nitrogens with zero attached hydrogens (tertiary/aromatic N) is 1. The van der Waals surface area contributed by atoms with Crippen LogP contribution < -0.4 is 4.72 Å². The smallest absolute Gasteiger partial charge is 0.211 e. The molecule has 0 heterocycles. The Hall–Kier alpha value is -1.09. The Morgan fingerprint density at radius 2 is 2.22 bits per heavy atom. The molecule has 1 aliphatic carbocycles. The molecule has 0 spiro atoms. The lowest BCUT2D eigenvalue weighted by Crippen LogP contribution is -2.26. The quantitative estimate of drug-likeness (QED) is 0.921. The van der Waals surface area contributed by atoms with E-state index in [2.05, 4.69) is 11.6 Å². The zero-order chi connectivity index (χ0) is 13.3. The fraction of sp³-hybridized carbons (Fsp3) is 0.417. The molecule has 4 nitrogen and oxygen atoms in total. The van der Waals surface area contributed by atoms with Gasteiger partial charge in [0.25, 0.3) is 0 Å². The van der Waals surface area contributed by atoms with Gasteiger partial charge in [0, 0.05) is 6.54 Å². The van der Waals surface area contributed by atoms with E-state index in [4.69, 9.17) is 16.9 Å². The lowest BCUT2D eigenvalue weighted by Gasteiger charge is -2.07. The van der Waals surface area contributed by atoms with Crippen molar-refractivity contribution in [1.82, 2.24) is 4.72 Å². The minimum absolute atomic E-state index is 0.0970. The molecule has 2 atom stereocenters. The SMILES string of the molecule is CC1CC1CNS(=O)(=O)c1ccc(C#N)c(Cl)c1. The van der Waals surface area contributed by atoms with Gasteiger partial charge in [0.05, 0.1) is 15.5 Å². The Morgan fingerprint density at radius 1 is 1.56 bits per heavy atom. The van der Waals surface area contributed by atoms with Crippen molar-refractivity contribution in [2.75, 3.05) is 6.54 Å². The highest BCUT2D eigenvalue weighted by Crippen LogP contribution is 2.37. The van der Waals surface area contributed by atoms with Gasteiger partial charge >= 0.3 is 0 Å². The molecule has 0 aliphatic heterocycles. The van der Waals surface area contributed by atoms with Gasteiger partial charge in [0.1, 0.15) is 6.07 Å². The first-order valence-corrected chi connectivity index (χ1v) is 7.49. The molecule has 2 unspecified atom stereocenters. The molecule has 1 aliphatic rings. The summed E-state index contributed by atoms with van der Waals surface area (Å²) in [7, 11) is -3.53. The first-order valence-electron chi connectivity index (χ1n) is 5.63. The molecule has 1 aromatic rings. The number of halogens is 1. The molecule has 1 aromatic carbocycles. The fourth-order valence-corrected chi connectivity index (χ4v) is 3.15. The molecule has 0 saturated heterocycles. The second-order valence-electron chi connectivity index (χ2n) is 4.58. The maximum absolute atomic E-state index is 12.0. The van der Waals surface area contributed by atoms with Crippen molar-refractivity contribution in [2.24, 2.45) is 11.8 Å². The Bertz CT molecular complexity index is 607. The van der Waals surface area contributed by atoms with Gasteiger partial charge in [-0.1, -0.05) is 18.5 Å². The highest BCUT2D eigenvalue weighted by Gasteiger charge is 2.33. The minimum Gasteiger partial charge on any atom is -0.211 e. The lowest BCUT2D eigenvalue weighted by molar-refractivity contribution is 0.574. The third kappa shape index (κ3) is 2.83. The summed E-state index contributed by atoms with van der Waals surface area (Å²) in [6, 6.07) is 6.00. The van der Waals surface area contributed by atoms with E-state index in [0.717, 1.165) is 6.42 Å². The average molecular weight is 285 g/mol. The third-order valence-electron chi connectivity index (χ3n) is 3.18. The van der Waals surface area contributed by atoms with Crippen molar-refractivity contribution in [3.63, 3.8) is 0 Å². The topological polar surface area (TPSA) is 70.0 Å². The van der Waals surface area contributed by atoms with Crippen molar-refractivity contribution in [1.29, 1.82) is 5.26 Å². The second-order valence-corrected chi connectivity index (χ2v) is 6.75. The van der Waals surface area contributed by atoms with Crippen LogP contribution in [0.25, 0.3) is 0 Å². The van der Waals surface area contributed by atoms with Gasteiger partial charge in [-0.2, -0.15) is 5.26 Å². The molecule has 6 heteroatoms. The van der Waals surface area contributed by atoms with Crippen molar-refractivity contribution in [3.8, 4) is 6.07 Å². The molecular formula is C12H13ClN2O2S. The van der Waals surface area contributed by atoms with Crippen LogP contribution in [0.2, 0.25) is 5.02 Å². The average Bonchev–Trinajstić information content (AvgIpc) is 3.03. The van der Waals surface area contributed by atoms with Gasteiger partial charge in [-0.25, -0.2) is 13.1 Å². The zero-order valence-electron chi connectivity index (χ0n) is 9.85. The number of hydrogen-bond acceptors (Lipinski definition) is 3. The minimum atomic E-state index is -3.53. The molecule has 18 heavy (non-hydrogen) atoms. The molecule has 0 aromatic heterocycles. The van der Waals surface area contributed by atoms with Gasteiger partial charge in [0.2, 0.25) is 10.0 Å². The Balaban J connectivity index is 2.14. The first-order chi connectivity index (χ1) is 8.44. The number of rotatable bonds is 4. The number of nitriles is 1. The summed E-state index contributed by atoms with van der Waals surface area (Å²) >= 11 is 5.82. The normalized spacial score (nSPS) is 22.5. The van der Waals surface area contributed by atoms with Gasteiger partial charge in [-0.05, 0) is 36.5 Å². The molecule has 0 bridgehead atoms. The Labute approximate surface area is 112 Å². The molecule has 0 radical (unpaired) electrons. The van der Waals surface area contributed by atoms with E-state index in [0.29, 0.717) is 18.4 Å². The molecule has 96 valence electrons. The molecule has 1 N–H and O–H groups in total. The Kier molecular flexibility index (Phi) is 3.62. The van der Waals surface area contributed by atoms with Crippen LogP contribution in [-0.4, -0.2) is 15.0 Å². The predicted octanol–water partition coefficient (Wildman–Crippen LogP) is 2.15. The van der Waals surface area contributed by atoms with E-state index in [9.17, 15) is 8.42 Å². The van der Waals surface area contributed by atoms with Crippen LogP contribution in [0.4, 0.5) is 0 Å². The van der Waals surface area contributed by atoms with E-state index in [1.807, 2.05) is 6.07 Å². The summed E-state index contributed by atoms with van der Waals surface area (Å²) in [5.41, 5.74) is 0.270. The standard InChI is InChI=1S/C12H13ClN2O2S/c1-8-4-10(8)7-15-18(16,17)11-3-2-9(6-14)12(13)5-11/h2-3,5,8,10,15H,4,7H2,1H3. The van der Waals surface area contributed by atoms with Crippen LogP contribution in [0.1, 0.15) is 18.9 Å². The fourth-order valence-electron chi connectivity index (χ4n) is 1.74. The van der Waals surface area contributed by atoms with Crippen molar-refractivity contribution < 1.29 is 8.42 Å². The molecule has 0 amide bonds. The lowest BCUT2D eigenvalue weighted by atomic mass is 10.2. The monoisotopic (exact) mass is 284 g/mol. The summed E-state index contributed by atoms with van der Waals surface area (Å²) in [4.78, 5) is 0.0970. The summed E-state index contributed by atoms with van der Waals surface area (Å²) in [5.74, 6) is 1.03. The number of sulfonamides is 1. The molecular weight excluding hydrogens is 272 g/mol. The molecule has 1 saturated carbocycles. The van der Waals surface area contributed by atoms with E-state index in [-0.39, 0.29) is 15.5 Å². The second kappa shape index (κ2) is 4.88. The highest BCUT2D eigenvalue weighted by atomic mass is 35.5. The third-order valence-corrected chi connectivity index (χ3v) is 4.92. The summed E-state index contributed by atoms with van der Waals surface area (Å²) in [6.45, 7) is 2.55. The number of hydrogen-bond donors (Lipinski definition) is 1. The maximum atomic E-state index is 12.0. The van der Waals surface area contributed by atoms with E-state index < -0.39 is 10.0 Å². The van der Waals surface area contributed by atoms with Gasteiger partial charge in [-0.15, -0.1) is 0 Å². The zero-order valence-corrected chi connectivity index (χ0v) is 11.4. The van der Waals surface area contributed by atoms with Crippen LogP contribution in [0.5, 0.6) is 0 Å². The molecule has 2 rings (SSSR count).